The summed E-state index contributed by atoms with van der Waals surface area (Å²) in [5.74, 6) is -0.383. The van der Waals surface area contributed by atoms with E-state index in [4.69, 9.17) is 4.42 Å². The van der Waals surface area contributed by atoms with E-state index in [9.17, 15) is 22.8 Å². The van der Waals surface area contributed by atoms with Gasteiger partial charge < -0.3 is 9.73 Å². The zero-order chi connectivity index (χ0) is 16.5. The molecule has 0 bridgehead atoms. The Morgan fingerprint density at radius 1 is 1.45 bits per heavy atom. The number of carbonyl (C=O) groups excluding carboxylic acids is 1. The number of alkyl halides is 3. The van der Waals surface area contributed by atoms with Crippen molar-refractivity contribution in [3.05, 3.63) is 45.3 Å². The van der Waals surface area contributed by atoms with Crippen molar-refractivity contribution >= 4 is 5.91 Å². The van der Waals surface area contributed by atoms with E-state index in [1.165, 1.54) is 18.7 Å². The number of aryl methyl sites for hydroxylation is 2. The Balaban J connectivity index is 2.03. The minimum absolute atomic E-state index is 0.00996. The minimum atomic E-state index is -4.50. The third-order valence-corrected chi connectivity index (χ3v) is 3.21. The maximum absolute atomic E-state index is 12.8. The van der Waals surface area contributed by atoms with Crippen LogP contribution in [0.2, 0.25) is 0 Å². The van der Waals surface area contributed by atoms with Crippen LogP contribution in [0.1, 0.15) is 27.4 Å². The smallest absolute Gasteiger partial charge is 0.419 e. The number of nitrogens with one attached hydrogen (secondary N) is 2. The van der Waals surface area contributed by atoms with Gasteiger partial charge in [-0.05, 0) is 13.3 Å². The molecule has 22 heavy (non-hydrogen) atoms. The normalized spacial score (nSPS) is 11.7. The zero-order valence-electron chi connectivity index (χ0n) is 11.9. The van der Waals surface area contributed by atoms with Crippen molar-refractivity contribution in [1.29, 1.82) is 0 Å². The molecule has 0 fully saturated rings. The highest BCUT2D eigenvalue weighted by molar-refractivity contribution is 5.92. The Labute approximate surface area is 122 Å². The average molecular weight is 317 g/mol. The number of amides is 1. The van der Waals surface area contributed by atoms with E-state index >= 15 is 0 Å². The van der Waals surface area contributed by atoms with Gasteiger partial charge in [-0.2, -0.15) is 13.2 Å². The molecule has 0 aliphatic carbocycles. The van der Waals surface area contributed by atoms with Crippen LogP contribution in [0, 0.1) is 6.92 Å². The van der Waals surface area contributed by atoms with Crippen LogP contribution in [-0.4, -0.2) is 22.2 Å². The van der Waals surface area contributed by atoms with Gasteiger partial charge in [-0.1, -0.05) is 0 Å². The molecule has 0 aromatic carbocycles. The van der Waals surface area contributed by atoms with Gasteiger partial charge in [0, 0.05) is 25.2 Å². The number of aromatic nitrogens is 2. The molecule has 0 unspecified atom stereocenters. The van der Waals surface area contributed by atoms with Crippen LogP contribution >= 0.6 is 0 Å². The highest BCUT2D eigenvalue weighted by Crippen LogP contribution is 2.34. The average Bonchev–Trinajstić information content (AvgIpc) is 2.92. The van der Waals surface area contributed by atoms with Crippen molar-refractivity contribution in [3.8, 4) is 0 Å². The molecule has 2 heterocycles. The molecule has 120 valence electrons. The first kappa shape index (κ1) is 15.9. The number of hydrogen-bond acceptors (Lipinski definition) is 3. The summed E-state index contributed by atoms with van der Waals surface area (Å²) in [6, 6.07) is 1.11. The molecule has 1 amide bonds. The van der Waals surface area contributed by atoms with Gasteiger partial charge in [-0.3, -0.25) is 19.4 Å². The quantitative estimate of drug-likeness (QED) is 0.899. The summed E-state index contributed by atoms with van der Waals surface area (Å²) in [6.07, 6.45) is -3.86. The van der Waals surface area contributed by atoms with E-state index in [2.05, 4.69) is 10.4 Å². The molecule has 0 aliphatic heterocycles. The van der Waals surface area contributed by atoms with Gasteiger partial charge in [0.1, 0.15) is 17.7 Å². The third kappa shape index (κ3) is 3.23. The largest absolute Gasteiger partial charge is 0.469 e. The molecule has 9 heteroatoms. The highest BCUT2D eigenvalue weighted by Gasteiger charge is 2.36. The molecule has 2 aromatic heterocycles. The number of halogens is 3. The van der Waals surface area contributed by atoms with Crippen LogP contribution in [0.5, 0.6) is 0 Å². The van der Waals surface area contributed by atoms with Crippen molar-refractivity contribution in [3.63, 3.8) is 0 Å². The Morgan fingerprint density at radius 2 is 2.14 bits per heavy atom. The fraction of sp³-hybridized carbons (Fsp3) is 0.385. The maximum Gasteiger partial charge on any atom is 0.419 e. The summed E-state index contributed by atoms with van der Waals surface area (Å²) in [5.41, 5.74) is -1.16. The standard InChI is InChI=1S/C13H14F3N3O3/c1-7-8(9(6-22-7)13(14,15)16)3-4-17-12(21)10-5-11(20)18-19(10)2/h5-6H,3-4H2,1-2H3,(H,17,21)(H,18,20). The monoisotopic (exact) mass is 317 g/mol. The molecule has 0 saturated carbocycles. The summed E-state index contributed by atoms with van der Waals surface area (Å²) < 4.78 is 44.4. The van der Waals surface area contributed by atoms with E-state index in [1.54, 1.807) is 0 Å². The number of furan rings is 1. The maximum atomic E-state index is 12.8. The predicted octanol–water partition coefficient (Wildman–Crippen LogP) is 1.61. The lowest BCUT2D eigenvalue weighted by atomic mass is 10.1. The molecular formula is C13H14F3N3O3. The zero-order valence-corrected chi connectivity index (χ0v) is 11.9. The number of H-pyrrole nitrogens is 1. The SMILES string of the molecule is Cc1occ(C(F)(F)F)c1CCNC(=O)c1cc(=O)[nH]n1C. The molecule has 2 rings (SSSR count). The van der Waals surface area contributed by atoms with Gasteiger partial charge in [0.15, 0.2) is 0 Å². The summed E-state index contributed by atoms with van der Waals surface area (Å²) in [5, 5.41) is 4.84. The minimum Gasteiger partial charge on any atom is -0.469 e. The topological polar surface area (TPSA) is 80.0 Å². The van der Waals surface area contributed by atoms with Crippen LogP contribution in [0.3, 0.4) is 0 Å². The first-order chi connectivity index (χ1) is 10.2. The number of carbonyl (C=O) groups is 1. The van der Waals surface area contributed by atoms with E-state index in [0.29, 0.717) is 6.26 Å². The number of aromatic amines is 1. The van der Waals surface area contributed by atoms with E-state index in [0.717, 1.165) is 6.07 Å². The Hall–Kier alpha value is -2.45. The first-order valence-corrected chi connectivity index (χ1v) is 6.38. The summed E-state index contributed by atoms with van der Waals surface area (Å²) >= 11 is 0. The van der Waals surface area contributed by atoms with Gasteiger partial charge in [0.05, 0.1) is 5.56 Å². The second-order valence-corrected chi connectivity index (χ2v) is 4.75. The first-order valence-electron chi connectivity index (χ1n) is 6.38. The summed E-state index contributed by atoms with van der Waals surface area (Å²) in [7, 11) is 1.48. The fourth-order valence-corrected chi connectivity index (χ4v) is 2.12. The molecule has 2 aromatic rings. The lowest BCUT2D eigenvalue weighted by molar-refractivity contribution is -0.138. The molecule has 2 N–H and O–H groups in total. The van der Waals surface area contributed by atoms with Crippen LogP contribution < -0.4 is 10.9 Å². The summed E-state index contributed by atoms with van der Waals surface area (Å²) in [6.45, 7) is 1.42. The third-order valence-electron chi connectivity index (χ3n) is 3.21. The molecule has 0 radical (unpaired) electrons. The van der Waals surface area contributed by atoms with Crippen molar-refractivity contribution < 1.29 is 22.4 Å². The number of hydrogen-bond donors (Lipinski definition) is 2. The molecule has 6 nitrogen and oxygen atoms in total. The van der Waals surface area contributed by atoms with Crippen molar-refractivity contribution in [1.82, 2.24) is 15.1 Å². The second-order valence-electron chi connectivity index (χ2n) is 4.75. The van der Waals surface area contributed by atoms with Crippen LogP contribution in [0.4, 0.5) is 13.2 Å². The number of nitrogens with zero attached hydrogens (tertiary/aromatic N) is 1. The van der Waals surface area contributed by atoms with E-state index < -0.39 is 23.2 Å². The molecule has 0 atom stereocenters. The Bertz CT molecular complexity index is 740. The lowest BCUT2D eigenvalue weighted by Gasteiger charge is -2.09. The molecule has 0 saturated heterocycles. The van der Waals surface area contributed by atoms with Crippen LogP contribution in [0.25, 0.3) is 0 Å². The van der Waals surface area contributed by atoms with Gasteiger partial charge in [0.25, 0.3) is 11.5 Å². The van der Waals surface area contributed by atoms with Gasteiger partial charge >= 0.3 is 6.18 Å². The molecular weight excluding hydrogens is 303 g/mol. The molecule has 0 spiro atoms. The Kier molecular flexibility index (Phi) is 4.16. The summed E-state index contributed by atoms with van der Waals surface area (Å²) in [4.78, 5) is 22.9. The van der Waals surface area contributed by atoms with E-state index in [1.807, 2.05) is 0 Å². The van der Waals surface area contributed by atoms with Gasteiger partial charge in [-0.25, -0.2) is 0 Å². The van der Waals surface area contributed by atoms with E-state index in [-0.39, 0.29) is 30.0 Å². The predicted molar refractivity (Wildman–Crippen MR) is 70.5 cm³/mol. The highest BCUT2D eigenvalue weighted by atomic mass is 19.4. The Morgan fingerprint density at radius 3 is 2.68 bits per heavy atom. The lowest BCUT2D eigenvalue weighted by Crippen LogP contribution is -2.28. The molecule has 0 aliphatic rings. The number of rotatable bonds is 4. The fourth-order valence-electron chi connectivity index (χ4n) is 2.12. The van der Waals surface area contributed by atoms with Crippen LogP contribution in [0.15, 0.2) is 21.5 Å². The van der Waals surface area contributed by atoms with Crippen molar-refractivity contribution in [2.45, 2.75) is 19.5 Å². The van der Waals surface area contributed by atoms with Crippen molar-refractivity contribution in [2.24, 2.45) is 7.05 Å². The van der Waals surface area contributed by atoms with Gasteiger partial charge in [0.2, 0.25) is 0 Å². The van der Waals surface area contributed by atoms with Gasteiger partial charge in [-0.15, -0.1) is 0 Å². The van der Waals surface area contributed by atoms with Crippen molar-refractivity contribution in [2.75, 3.05) is 6.54 Å². The van der Waals surface area contributed by atoms with Crippen LogP contribution in [-0.2, 0) is 19.6 Å². The second kappa shape index (κ2) is 5.74.